The van der Waals surface area contributed by atoms with Gasteiger partial charge in [-0.3, -0.25) is 4.98 Å². The fraction of sp³-hybridized carbons (Fsp3) is 0.467. The molecule has 0 aliphatic rings. The first-order chi connectivity index (χ1) is 10.2. The van der Waals surface area contributed by atoms with Gasteiger partial charge in [-0.1, -0.05) is 19.9 Å². The summed E-state index contributed by atoms with van der Waals surface area (Å²) in [4.78, 5) is 4.13. The highest BCUT2D eigenvalue weighted by molar-refractivity contribution is 7.11. The van der Waals surface area contributed by atoms with E-state index in [0.29, 0.717) is 12.4 Å². The number of rotatable bonds is 7. The molecule has 6 heteroatoms. The number of aliphatic hydroxyl groups excluding tert-OH is 1. The maximum atomic E-state index is 9.66. The quantitative estimate of drug-likeness (QED) is 0.732. The van der Waals surface area contributed by atoms with Gasteiger partial charge in [0, 0.05) is 29.9 Å². The molecule has 5 nitrogen and oxygen atoms in total. The second kappa shape index (κ2) is 6.87. The lowest BCUT2D eigenvalue weighted by atomic mass is 9.83. The predicted molar refractivity (Wildman–Crippen MR) is 88.3 cm³/mol. The number of hydrogen-bond acceptors (Lipinski definition) is 6. The summed E-state index contributed by atoms with van der Waals surface area (Å²) in [6, 6.07) is 3.85. The van der Waals surface area contributed by atoms with Crippen molar-refractivity contribution in [1.29, 1.82) is 0 Å². The molecule has 0 aliphatic heterocycles. The van der Waals surface area contributed by atoms with Gasteiger partial charge in [0.25, 0.3) is 0 Å². The van der Waals surface area contributed by atoms with Crippen molar-refractivity contribution in [3.8, 4) is 11.1 Å². The Morgan fingerprint density at radius 1 is 1.38 bits per heavy atom. The van der Waals surface area contributed by atoms with Gasteiger partial charge in [0.05, 0.1) is 12.2 Å². The lowest BCUT2D eigenvalue weighted by molar-refractivity contribution is 0.127. The zero-order chi connectivity index (χ0) is 15.3. The zero-order valence-electron chi connectivity index (χ0n) is 12.5. The third kappa shape index (κ3) is 3.33. The molecule has 0 aromatic carbocycles. The Hall–Kier alpha value is -1.66. The van der Waals surface area contributed by atoms with Crippen LogP contribution in [-0.4, -0.2) is 27.6 Å². The fourth-order valence-electron chi connectivity index (χ4n) is 2.26. The summed E-state index contributed by atoms with van der Waals surface area (Å²) < 4.78 is 4.24. The van der Waals surface area contributed by atoms with Crippen LogP contribution < -0.4 is 11.1 Å². The number of anilines is 2. The third-order valence-electron chi connectivity index (χ3n) is 4.13. The minimum Gasteiger partial charge on any atom is -0.396 e. The number of nitrogens with two attached hydrogens (primary N) is 1. The van der Waals surface area contributed by atoms with Crippen molar-refractivity contribution in [2.24, 2.45) is 5.41 Å². The van der Waals surface area contributed by atoms with Crippen LogP contribution in [0.2, 0.25) is 0 Å². The summed E-state index contributed by atoms with van der Waals surface area (Å²) in [5, 5.41) is 14.0. The van der Waals surface area contributed by atoms with Gasteiger partial charge in [-0.15, -0.1) is 0 Å². The van der Waals surface area contributed by atoms with Crippen molar-refractivity contribution in [3.05, 3.63) is 24.5 Å². The Morgan fingerprint density at radius 3 is 2.71 bits per heavy atom. The molecule has 0 atom stereocenters. The molecule has 4 N–H and O–H groups in total. The van der Waals surface area contributed by atoms with E-state index in [2.05, 4.69) is 28.5 Å². The van der Waals surface area contributed by atoms with Gasteiger partial charge >= 0.3 is 0 Å². The minimum absolute atomic E-state index is 0.106. The molecule has 0 amide bonds. The number of nitrogens with zero attached hydrogens (tertiary/aromatic N) is 2. The van der Waals surface area contributed by atoms with Gasteiger partial charge in [0.2, 0.25) is 0 Å². The molecule has 0 saturated carbocycles. The first-order valence-corrected chi connectivity index (χ1v) is 7.93. The normalized spacial score (nSPS) is 11.6. The Balaban J connectivity index is 2.23. The molecular formula is C15H22N4OS. The molecule has 0 fully saturated rings. The Labute approximate surface area is 129 Å². The van der Waals surface area contributed by atoms with Crippen LogP contribution in [0.3, 0.4) is 0 Å². The number of pyridine rings is 1. The monoisotopic (exact) mass is 306 g/mol. The Bertz CT molecular complexity index is 558. The van der Waals surface area contributed by atoms with Crippen LogP contribution in [0.1, 0.15) is 26.7 Å². The maximum Gasteiger partial charge on any atom is 0.147 e. The molecule has 114 valence electrons. The summed E-state index contributed by atoms with van der Waals surface area (Å²) in [7, 11) is 0. The van der Waals surface area contributed by atoms with E-state index in [0.717, 1.165) is 29.0 Å². The number of aromatic nitrogens is 2. The summed E-state index contributed by atoms with van der Waals surface area (Å²) in [6.45, 7) is 5.07. The molecule has 0 bridgehead atoms. The molecule has 0 saturated heterocycles. The standard InChI is InChI=1S/C15H22N4OS/c1-3-15(4-2,10-20)9-18-14-12(13(16)19-21-14)11-6-5-7-17-8-11/h5-8,18,20H,3-4,9-10H2,1-2H3,(H2,16,19). The Morgan fingerprint density at radius 2 is 2.14 bits per heavy atom. The average Bonchev–Trinajstić information content (AvgIpc) is 2.91. The minimum atomic E-state index is -0.106. The highest BCUT2D eigenvalue weighted by Crippen LogP contribution is 2.37. The summed E-state index contributed by atoms with van der Waals surface area (Å²) in [5.74, 6) is 0.512. The molecule has 0 spiro atoms. The lowest BCUT2D eigenvalue weighted by Gasteiger charge is -2.29. The van der Waals surface area contributed by atoms with E-state index >= 15 is 0 Å². The van der Waals surface area contributed by atoms with Crippen LogP contribution in [0.25, 0.3) is 11.1 Å². The van der Waals surface area contributed by atoms with Crippen LogP contribution in [0.4, 0.5) is 10.8 Å². The van der Waals surface area contributed by atoms with E-state index in [1.54, 1.807) is 12.4 Å². The van der Waals surface area contributed by atoms with Gasteiger partial charge < -0.3 is 16.2 Å². The van der Waals surface area contributed by atoms with Crippen molar-refractivity contribution in [3.63, 3.8) is 0 Å². The smallest absolute Gasteiger partial charge is 0.147 e. The number of nitrogen functional groups attached to an aromatic ring is 1. The molecule has 2 heterocycles. The summed E-state index contributed by atoms with van der Waals surface area (Å²) >= 11 is 1.35. The topological polar surface area (TPSA) is 84.1 Å². The van der Waals surface area contributed by atoms with E-state index in [9.17, 15) is 5.11 Å². The van der Waals surface area contributed by atoms with Gasteiger partial charge in [0.15, 0.2) is 0 Å². The maximum absolute atomic E-state index is 9.66. The highest BCUT2D eigenvalue weighted by atomic mass is 32.1. The van der Waals surface area contributed by atoms with E-state index < -0.39 is 0 Å². The van der Waals surface area contributed by atoms with Crippen molar-refractivity contribution in [2.75, 3.05) is 24.2 Å². The van der Waals surface area contributed by atoms with E-state index in [1.165, 1.54) is 11.5 Å². The van der Waals surface area contributed by atoms with Crippen molar-refractivity contribution < 1.29 is 5.11 Å². The molecule has 0 unspecified atom stereocenters. The average molecular weight is 306 g/mol. The zero-order valence-corrected chi connectivity index (χ0v) is 13.3. The van der Waals surface area contributed by atoms with Gasteiger partial charge in [-0.2, -0.15) is 4.37 Å². The first kappa shape index (κ1) is 15.7. The van der Waals surface area contributed by atoms with Crippen molar-refractivity contribution >= 4 is 22.4 Å². The van der Waals surface area contributed by atoms with E-state index in [-0.39, 0.29) is 12.0 Å². The number of hydrogen-bond donors (Lipinski definition) is 3. The molecule has 21 heavy (non-hydrogen) atoms. The van der Waals surface area contributed by atoms with Gasteiger partial charge in [0.1, 0.15) is 10.8 Å². The SMILES string of the molecule is CCC(CC)(CO)CNc1snc(N)c1-c1cccnc1. The van der Waals surface area contributed by atoms with Crippen molar-refractivity contribution in [1.82, 2.24) is 9.36 Å². The number of nitrogens with one attached hydrogen (secondary N) is 1. The third-order valence-corrected chi connectivity index (χ3v) is 4.95. The lowest BCUT2D eigenvalue weighted by Crippen LogP contribution is -2.32. The van der Waals surface area contributed by atoms with E-state index in [1.807, 2.05) is 12.1 Å². The number of aliphatic hydroxyl groups is 1. The summed E-state index contributed by atoms with van der Waals surface area (Å²) in [6.07, 6.45) is 5.36. The molecule has 0 aliphatic carbocycles. The van der Waals surface area contributed by atoms with Gasteiger partial charge in [-0.25, -0.2) is 0 Å². The van der Waals surface area contributed by atoms with Crippen LogP contribution in [-0.2, 0) is 0 Å². The Kier molecular flexibility index (Phi) is 5.14. The van der Waals surface area contributed by atoms with Crippen LogP contribution in [0.15, 0.2) is 24.5 Å². The second-order valence-electron chi connectivity index (χ2n) is 5.23. The predicted octanol–water partition coefficient (Wildman–Crippen LogP) is 3.00. The molecule has 2 rings (SSSR count). The van der Waals surface area contributed by atoms with Crippen molar-refractivity contribution in [2.45, 2.75) is 26.7 Å². The molecule has 2 aromatic rings. The van der Waals surface area contributed by atoms with Crippen LogP contribution in [0.5, 0.6) is 0 Å². The molecular weight excluding hydrogens is 284 g/mol. The summed E-state index contributed by atoms with van der Waals surface area (Å²) in [5.41, 5.74) is 7.73. The van der Waals surface area contributed by atoms with Crippen LogP contribution in [0, 0.1) is 5.41 Å². The fourth-order valence-corrected chi connectivity index (χ4v) is 2.99. The first-order valence-electron chi connectivity index (χ1n) is 7.16. The largest absolute Gasteiger partial charge is 0.396 e. The highest BCUT2D eigenvalue weighted by Gasteiger charge is 2.26. The van der Waals surface area contributed by atoms with Gasteiger partial charge in [-0.05, 0) is 30.4 Å². The molecule has 2 aromatic heterocycles. The second-order valence-corrected chi connectivity index (χ2v) is 6.01. The van der Waals surface area contributed by atoms with Crippen LogP contribution >= 0.6 is 11.5 Å². The van der Waals surface area contributed by atoms with E-state index in [4.69, 9.17) is 5.73 Å². The molecule has 0 radical (unpaired) electrons.